The maximum Gasteiger partial charge on any atom is 0.255 e. The Morgan fingerprint density at radius 2 is 1.95 bits per heavy atom. The van der Waals surface area contributed by atoms with Gasteiger partial charge < -0.3 is 9.80 Å². The van der Waals surface area contributed by atoms with E-state index < -0.39 is 0 Å². The highest BCUT2D eigenvalue weighted by atomic mass is 79.9. The van der Waals surface area contributed by atoms with Gasteiger partial charge in [0.15, 0.2) is 0 Å². The Labute approximate surface area is 140 Å². The minimum Gasteiger partial charge on any atom is -0.336 e. The highest BCUT2D eigenvalue weighted by Gasteiger charge is 2.23. The van der Waals surface area contributed by atoms with Crippen LogP contribution in [0.4, 0.5) is 0 Å². The molecule has 0 N–H and O–H groups in total. The summed E-state index contributed by atoms with van der Waals surface area (Å²) in [7, 11) is 4.17. The van der Waals surface area contributed by atoms with Crippen molar-refractivity contribution in [1.29, 1.82) is 0 Å². The Morgan fingerprint density at radius 1 is 1.29 bits per heavy atom. The zero-order valence-electron chi connectivity index (χ0n) is 12.5. The van der Waals surface area contributed by atoms with Crippen LogP contribution < -0.4 is 0 Å². The summed E-state index contributed by atoms with van der Waals surface area (Å²) in [5.74, 6) is 0.0880. The number of halogens is 1. The first-order valence-corrected chi connectivity index (χ1v) is 8.36. The number of nitrogens with zero attached hydrogens (tertiary/aromatic N) is 3. The van der Waals surface area contributed by atoms with Gasteiger partial charge in [0.1, 0.15) is 0 Å². The van der Waals surface area contributed by atoms with Crippen LogP contribution >= 0.6 is 28.6 Å². The second-order valence-electron chi connectivity index (χ2n) is 5.60. The molecule has 0 saturated carbocycles. The molecule has 6 heteroatoms. The Balaban J connectivity index is 1.92. The van der Waals surface area contributed by atoms with Crippen LogP contribution in [0.5, 0.6) is 0 Å². The molecule has 1 aliphatic rings. The van der Waals surface area contributed by atoms with Crippen molar-refractivity contribution < 1.29 is 4.79 Å². The highest BCUT2D eigenvalue weighted by molar-refractivity contribution is 9.10. The molecule has 1 amide bonds. The first kappa shape index (κ1) is 16.8. The summed E-state index contributed by atoms with van der Waals surface area (Å²) < 4.78 is 0.834. The number of carbonyl (C=O) groups is 1. The predicted molar refractivity (Wildman–Crippen MR) is 92.3 cm³/mol. The van der Waals surface area contributed by atoms with Crippen LogP contribution in [-0.2, 0) is 0 Å². The van der Waals surface area contributed by atoms with Crippen molar-refractivity contribution in [2.75, 3.05) is 53.4 Å². The van der Waals surface area contributed by atoms with Gasteiger partial charge in [-0.3, -0.25) is 9.69 Å². The number of rotatable bonds is 4. The lowest BCUT2D eigenvalue weighted by Gasteiger charge is -2.35. The van der Waals surface area contributed by atoms with Gasteiger partial charge in [-0.1, -0.05) is 0 Å². The molecule has 1 heterocycles. The van der Waals surface area contributed by atoms with E-state index in [2.05, 4.69) is 52.5 Å². The third-order valence-corrected chi connectivity index (χ3v) is 4.67. The van der Waals surface area contributed by atoms with Gasteiger partial charge in [0.2, 0.25) is 0 Å². The van der Waals surface area contributed by atoms with Gasteiger partial charge in [0.25, 0.3) is 5.91 Å². The Bertz CT molecular complexity index is 502. The molecule has 0 unspecified atom stereocenters. The van der Waals surface area contributed by atoms with Crippen molar-refractivity contribution in [3.05, 3.63) is 28.2 Å². The molecule has 1 aliphatic heterocycles. The largest absolute Gasteiger partial charge is 0.336 e. The Kier molecular flexibility index (Phi) is 6.10. The van der Waals surface area contributed by atoms with E-state index in [4.69, 9.17) is 0 Å². The first-order chi connectivity index (χ1) is 9.97. The standard InChI is InChI=1S/C15H22BrN3OS/c1-17(2)5-6-18-7-9-19(10-8-18)15(20)13-11-12(21)3-4-14(13)16/h3-4,11,21H,5-10H2,1-2H3. The maximum atomic E-state index is 12.6. The number of hydrogen-bond acceptors (Lipinski definition) is 4. The summed E-state index contributed by atoms with van der Waals surface area (Å²) in [6.45, 7) is 5.58. The van der Waals surface area contributed by atoms with Gasteiger partial charge in [0, 0.05) is 48.6 Å². The topological polar surface area (TPSA) is 26.8 Å². The van der Waals surface area contributed by atoms with Crippen molar-refractivity contribution >= 4 is 34.5 Å². The number of piperazine rings is 1. The van der Waals surface area contributed by atoms with Crippen LogP contribution in [0.2, 0.25) is 0 Å². The van der Waals surface area contributed by atoms with Crippen LogP contribution in [0.1, 0.15) is 10.4 Å². The Morgan fingerprint density at radius 3 is 2.57 bits per heavy atom. The normalized spacial score (nSPS) is 16.5. The molecule has 0 atom stereocenters. The molecular formula is C15H22BrN3OS. The quantitative estimate of drug-likeness (QED) is 0.820. The number of thiol groups is 1. The van der Waals surface area contributed by atoms with E-state index in [1.165, 1.54) is 0 Å². The van der Waals surface area contributed by atoms with Crippen molar-refractivity contribution in [3.63, 3.8) is 0 Å². The molecule has 0 aromatic heterocycles. The van der Waals surface area contributed by atoms with Gasteiger partial charge in [-0.05, 0) is 48.2 Å². The summed E-state index contributed by atoms with van der Waals surface area (Å²) in [5, 5.41) is 0. The molecule has 0 bridgehead atoms. The van der Waals surface area contributed by atoms with Crippen LogP contribution in [0.3, 0.4) is 0 Å². The second kappa shape index (κ2) is 7.63. The molecule has 1 fully saturated rings. The van der Waals surface area contributed by atoms with Crippen LogP contribution in [0.15, 0.2) is 27.6 Å². The number of carbonyl (C=O) groups excluding carboxylic acids is 1. The Hall–Kier alpha value is -0.560. The lowest BCUT2D eigenvalue weighted by molar-refractivity contribution is 0.0628. The van der Waals surface area contributed by atoms with E-state index in [-0.39, 0.29) is 5.91 Å². The molecule has 4 nitrogen and oxygen atoms in total. The fraction of sp³-hybridized carbons (Fsp3) is 0.533. The fourth-order valence-electron chi connectivity index (χ4n) is 2.36. The smallest absolute Gasteiger partial charge is 0.255 e. The second-order valence-corrected chi connectivity index (χ2v) is 6.97. The summed E-state index contributed by atoms with van der Waals surface area (Å²) in [6.07, 6.45) is 0. The predicted octanol–water partition coefficient (Wildman–Crippen LogP) is 2.06. The summed E-state index contributed by atoms with van der Waals surface area (Å²) in [6, 6.07) is 5.58. The van der Waals surface area contributed by atoms with Gasteiger partial charge in [-0.25, -0.2) is 0 Å². The SMILES string of the molecule is CN(C)CCN1CCN(C(=O)c2cc(S)ccc2Br)CC1. The van der Waals surface area contributed by atoms with E-state index in [1.807, 2.05) is 23.1 Å². The van der Waals surface area contributed by atoms with Crippen molar-refractivity contribution in [3.8, 4) is 0 Å². The average Bonchev–Trinajstić information content (AvgIpc) is 2.47. The molecule has 2 rings (SSSR count). The maximum absolute atomic E-state index is 12.6. The first-order valence-electron chi connectivity index (χ1n) is 7.12. The molecular weight excluding hydrogens is 350 g/mol. The highest BCUT2D eigenvalue weighted by Crippen LogP contribution is 2.22. The molecule has 0 spiro atoms. The average molecular weight is 372 g/mol. The van der Waals surface area contributed by atoms with E-state index in [0.717, 1.165) is 48.6 Å². The molecule has 0 radical (unpaired) electrons. The number of amides is 1. The van der Waals surface area contributed by atoms with E-state index in [0.29, 0.717) is 5.56 Å². The number of likely N-dealkylation sites (N-methyl/N-ethyl adjacent to an activating group) is 1. The third-order valence-electron chi connectivity index (χ3n) is 3.70. The van der Waals surface area contributed by atoms with Gasteiger partial charge in [-0.2, -0.15) is 0 Å². The fourth-order valence-corrected chi connectivity index (χ4v) is 2.98. The number of hydrogen-bond donors (Lipinski definition) is 1. The molecule has 21 heavy (non-hydrogen) atoms. The minimum atomic E-state index is 0.0880. The molecule has 1 aromatic carbocycles. The number of benzene rings is 1. The van der Waals surface area contributed by atoms with Crippen molar-refractivity contribution in [2.24, 2.45) is 0 Å². The minimum absolute atomic E-state index is 0.0880. The summed E-state index contributed by atoms with van der Waals surface area (Å²) >= 11 is 7.77. The molecule has 1 aromatic rings. The molecule has 0 aliphatic carbocycles. The van der Waals surface area contributed by atoms with Gasteiger partial charge in [-0.15, -0.1) is 12.6 Å². The molecule has 1 saturated heterocycles. The zero-order chi connectivity index (χ0) is 15.4. The van der Waals surface area contributed by atoms with Crippen molar-refractivity contribution in [1.82, 2.24) is 14.7 Å². The van der Waals surface area contributed by atoms with E-state index >= 15 is 0 Å². The van der Waals surface area contributed by atoms with E-state index in [1.54, 1.807) is 0 Å². The van der Waals surface area contributed by atoms with Gasteiger partial charge >= 0.3 is 0 Å². The van der Waals surface area contributed by atoms with Crippen molar-refractivity contribution in [2.45, 2.75) is 4.90 Å². The third kappa shape index (κ3) is 4.71. The zero-order valence-corrected chi connectivity index (χ0v) is 15.0. The van der Waals surface area contributed by atoms with E-state index in [9.17, 15) is 4.79 Å². The van der Waals surface area contributed by atoms with Crippen LogP contribution in [0, 0.1) is 0 Å². The van der Waals surface area contributed by atoms with Crippen LogP contribution in [-0.4, -0.2) is 74.0 Å². The lowest BCUT2D eigenvalue weighted by atomic mass is 10.2. The monoisotopic (exact) mass is 371 g/mol. The summed E-state index contributed by atoms with van der Waals surface area (Å²) in [5.41, 5.74) is 0.698. The lowest BCUT2D eigenvalue weighted by Crippen LogP contribution is -2.50. The van der Waals surface area contributed by atoms with Gasteiger partial charge in [0.05, 0.1) is 5.56 Å². The molecule has 116 valence electrons. The summed E-state index contributed by atoms with van der Waals surface area (Å²) in [4.78, 5) is 19.9. The van der Waals surface area contributed by atoms with Crippen LogP contribution in [0.25, 0.3) is 0 Å².